The lowest BCUT2D eigenvalue weighted by Gasteiger charge is -2.07. The van der Waals surface area contributed by atoms with Crippen LogP contribution in [0.15, 0.2) is 18.5 Å². The van der Waals surface area contributed by atoms with Crippen LogP contribution in [-0.4, -0.2) is 31.1 Å². The Morgan fingerprint density at radius 1 is 1.31 bits per heavy atom. The van der Waals surface area contributed by atoms with E-state index in [1.165, 1.54) is 17.2 Å². The van der Waals surface area contributed by atoms with Gasteiger partial charge in [0.15, 0.2) is 5.82 Å². The quantitative estimate of drug-likeness (QED) is 0.812. The van der Waals surface area contributed by atoms with E-state index in [-0.39, 0.29) is 11.4 Å². The maximum Gasteiger partial charge on any atom is 0.339 e. The highest BCUT2D eigenvalue weighted by molar-refractivity contribution is 5.91. The van der Waals surface area contributed by atoms with Crippen LogP contribution in [0.2, 0.25) is 0 Å². The Bertz CT molecular complexity index is 534. The standard InChI is InChI=1S/C10H10N4O2/c1-6-5-8(10(15)16)9(13-7(6)2)14-11-3-4-12-14/h3-5H,1-2H3,(H,15,16). The van der Waals surface area contributed by atoms with E-state index < -0.39 is 5.97 Å². The maximum atomic E-state index is 11.1. The molecule has 0 aliphatic carbocycles. The van der Waals surface area contributed by atoms with Crippen molar-refractivity contribution in [1.29, 1.82) is 0 Å². The Hall–Kier alpha value is -2.24. The van der Waals surface area contributed by atoms with Crippen LogP contribution in [0, 0.1) is 13.8 Å². The highest BCUT2D eigenvalue weighted by Crippen LogP contribution is 2.14. The first-order valence-corrected chi connectivity index (χ1v) is 4.68. The molecular weight excluding hydrogens is 208 g/mol. The Labute approximate surface area is 91.6 Å². The summed E-state index contributed by atoms with van der Waals surface area (Å²) in [6, 6.07) is 1.57. The van der Waals surface area contributed by atoms with E-state index in [2.05, 4.69) is 15.2 Å². The molecule has 0 radical (unpaired) electrons. The van der Waals surface area contributed by atoms with Crippen molar-refractivity contribution in [1.82, 2.24) is 20.0 Å². The topological polar surface area (TPSA) is 80.9 Å². The summed E-state index contributed by atoms with van der Waals surface area (Å²) in [7, 11) is 0. The Kier molecular flexibility index (Phi) is 2.40. The lowest BCUT2D eigenvalue weighted by atomic mass is 10.1. The highest BCUT2D eigenvalue weighted by atomic mass is 16.4. The van der Waals surface area contributed by atoms with Gasteiger partial charge in [-0.2, -0.15) is 10.2 Å². The van der Waals surface area contributed by atoms with E-state index in [1.807, 2.05) is 13.8 Å². The second-order valence-corrected chi connectivity index (χ2v) is 3.39. The average molecular weight is 218 g/mol. The molecule has 1 N–H and O–H groups in total. The fourth-order valence-corrected chi connectivity index (χ4v) is 1.33. The number of pyridine rings is 1. The molecule has 2 aromatic heterocycles. The third kappa shape index (κ3) is 1.65. The summed E-state index contributed by atoms with van der Waals surface area (Å²) < 4.78 is 0. The summed E-state index contributed by atoms with van der Waals surface area (Å²) >= 11 is 0. The molecule has 0 amide bonds. The molecule has 6 nitrogen and oxygen atoms in total. The van der Waals surface area contributed by atoms with Gasteiger partial charge in [0.05, 0.1) is 12.4 Å². The maximum absolute atomic E-state index is 11.1. The predicted molar refractivity (Wildman–Crippen MR) is 55.6 cm³/mol. The molecule has 2 heterocycles. The fraction of sp³-hybridized carbons (Fsp3) is 0.200. The van der Waals surface area contributed by atoms with Crippen molar-refractivity contribution in [2.75, 3.05) is 0 Å². The average Bonchev–Trinajstić information content (AvgIpc) is 2.74. The van der Waals surface area contributed by atoms with Crippen molar-refractivity contribution < 1.29 is 9.90 Å². The van der Waals surface area contributed by atoms with E-state index in [1.54, 1.807) is 6.07 Å². The summed E-state index contributed by atoms with van der Waals surface area (Å²) in [6.07, 6.45) is 2.95. The van der Waals surface area contributed by atoms with Gasteiger partial charge in [-0.3, -0.25) is 0 Å². The van der Waals surface area contributed by atoms with Gasteiger partial charge >= 0.3 is 5.97 Å². The lowest BCUT2D eigenvalue weighted by Crippen LogP contribution is -2.11. The van der Waals surface area contributed by atoms with Gasteiger partial charge in [0.25, 0.3) is 0 Å². The third-order valence-electron chi connectivity index (χ3n) is 2.28. The minimum absolute atomic E-state index is 0.0966. The zero-order chi connectivity index (χ0) is 11.7. The minimum atomic E-state index is -1.04. The van der Waals surface area contributed by atoms with Crippen molar-refractivity contribution >= 4 is 5.97 Å². The molecule has 2 aromatic rings. The summed E-state index contributed by atoms with van der Waals surface area (Å²) in [5.74, 6) is -0.802. The van der Waals surface area contributed by atoms with Crippen LogP contribution in [0.5, 0.6) is 0 Å². The number of aryl methyl sites for hydroxylation is 2. The summed E-state index contributed by atoms with van der Waals surface area (Å²) in [6.45, 7) is 3.63. The Morgan fingerprint density at radius 3 is 2.50 bits per heavy atom. The number of hydrogen-bond acceptors (Lipinski definition) is 4. The van der Waals surface area contributed by atoms with Crippen LogP contribution in [-0.2, 0) is 0 Å². The van der Waals surface area contributed by atoms with Crippen molar-refractivity contribution in [3.05, 3.63) is 35.3 Å². The first kappa shape index (κ1) is 10.3. The molecule has 0 saturated heterocycles. The SMILES string of the molecule is Cc1cc(C(=O)O)c(-n2nccn2)nc1C. The molecular formula is C10H10N4O2. The number of carboxylic acids is 1. The van der Waals surface area contributed by atoms with E-state index in [9.17, 15) is 4.79 Å². The third-order valence-corrected chi connectivity index (χ3v) is 2.28. The zero-order valence-electron chi connectivity index (χ0n) is 8.88. The molecule has 0 spiro atoms. The molecule has 82 valence electrons. The number of carbonyl (C=O) groups is 1. The molecule has 0 aliphatic heterocycles. The Morgan fingerprint density at radius 2 is 1.94 bits per heavy atom. The molecule has 6 heteroatoms. The van der Waals surface area contributed by atoms with Gasteiger partial charge in [0.1, 0.15) is 5.56 Å². The van der Waals surface area contributed by atoms with Gasteiger partial charge in [-0.05, 0) is 25.5 Å². The van der Waals surface area contributed by atoms with Crippen LogP contribution in [0.25, 0.3) is 5.82 Å². The van der Waals surface area contributed by atoms with E-state index >= 15 is 0 Å². The number of hydrogen-bond donors (Lipinski definition) is 1. The minimum Gasteiger partial charge on any atom is -0.478 e. The van der Waals surface area contributed by atoms with Crippen LogP contribution < -0.4 is 0 Å². The molecule has 2 rings (SSSR count). The predicted octanol–water partition coefficient (Wildman–Crippen LogP) is 0.977. The number of aromatic carboxylic acids is 1. The largest absolute Gasteiger partial charge is 0.478 e. The van der Waals surface area contributed by atoms with Crippen LogP contribution in [0.3, 0.4) is 0 Å². The van der Waals surface area contributed by atoms with Crippen molar-refractivity contribution in [2.45, 2.75) is 13.8 Å². The van der Waals surface area contributed by atoms with E-state index in [0.29, 0.717) is 0 Å². The van der Waals surface area contributed by atoms with Crippen molar-refractivity contribution in [2.24, 2.45) is 0 Å². The summed E-state index contributed by atoms with van der Waals surface area (Å²) in [5, 5.41) is 16.8. The second-order valence-electron chi connectivity index (χ2n) is 3.39. The number of rotatable bonds is 2. The molecule has 0 aliphatic rings. The fourth-order valence-electron chi connectivity index (χ4n) is 1.33. The second kappa shape index (κ2) is 3.73. The molecule has 0 fully saturated rings. The zero-order valence-corrected chi connectivity index (χ0v) is 8.88. The molecule has 0 saturated carbocycles. The van der Waals surface area contributed by atoms with Gasteiger partial charge in [-0.1, -0.05) is 0 Å². The lowest BCUT2D eigenvalue weighted by molar-refractivity contribution is 0.0696. The molecule has 0 atom stereocenters. The van der Waals surface area contributed by atoms with Crippen LogP contribution in [0.4, 0.5) is 0 Å². The normalized spacial score (nSPS) is 10.4. The molecule has 16 heavy (non-hydrogen) atoms. The van der Waals surface area contributed by atoms with Gasteiger partial charge in [0, 0.05) is 5.69 Å². The number of aromatic nitrogens is 4. The van der Waals surface area contributed by atoms with E-state index in [4.69, 9.17) is 5.11 Å². The number of carboxylic acid groups (broad SMARTS) is 1. The first-order valence-electron chi connectivity index (χ1n) is 4.68. The number of nitrogens with zero attached hydrogens (tertiary/aromatic N) is 4. The monoisotopic (exact) mass is 218 g/mol. The van der Waals surface area contributed by atoms with E-state index in [0.717, 1.165) is 11.3 Å². The van der Waals surface area contributed by atoms with Gasteiger partial charge in [-0.15, -0.1) is 4.80 Å². The highest BCUT2D eigenvalue weighted by Gasteiger charge is 2.16. The van der Waals surface area contributed by atoms with Gasteiger partial charge in [-0.25, -0.2) is 9.78 Å². The van der Waals surface area contributed by atoms with Crippen LogP contribution >= 0.6 is 0 Å². The molecule has 0 aromatic carbocycles. The smallest absolute Gasteiger partial charge is 0.339 e. The summed E-state index contributed by atoms with van der Waals surface area (Å²) in [4.78, 5) is 16.5. The molecule has 0 bridgehead atoms. The Balaban J connectivity index is 2.68. The molecule has 0 unspecified atom stereocenters. The van der Waals surface area contributed by atoms with Crippen molar-refractivity contribution in [3.63, 3.8) is 0 Å². The van der Waals surface area contributed by atoms with Gasteiger partial charge < -0.3 is 5.11 Å². The van der Waals surface area contributed by atoms with Gasteiger partial charge in [0.2, 0.25) is 0 Å². The first-order chi connectivity index (χ1) is 7.59. The van der Waals surface area contributed by atoms with Crippen LogP contribution in [0.1, 0.15) is 21.6 Å². The van der Waals surface area contributed by atoms with Crippen molar-refractivity contribution in [3.8, 4) is 5.82 Å². The summed E-state index contributed by atoms with van der Waals surface area (Å²) in [5.41, 5.74) is 1.69.